The summed E-state index contributed by atoms with van der Waals surface area (Å²) in [6, 6.07) is 0. The number of nitrogens with two attached hydrogens (primary N) is 1. The summed E-state index contributed by atoms with van der Waals surface area (Å²) in [6.07, 6.45) is 0. The summed E-state index contributed by atoms with van der Waals surface area (Å²) in [5, 5.41) is 3.17. The first-order chi connectivity index (χ1) is 8.08. The van der Waals surface area contributed by atoms with Crippen LogP contribution in [0.25, 0.3) is 0 Å². The molecule has 1 rings (SSSR count). The molecule has 3 N–H and O–H groups in total. The second-order valence-electron chi connectivity index (χ2n) is 4.12. The molecule has 0 atom stereocenters. The standard InChI is InChI=1S/C11H20N4O2/c1-7(2)5-13-10-9(12)11(17-4)15-8(14-10)6-16-3/h7H,5-6,12H2,1-4H3,(H,13,14,15). The molecule has 0 unspecified atom stereocenters. The van der Waals surface area contributed by atoms with Gasteiger partial charge in [-0.25, -0.2) is 4.98 Å². The van der Waals surface area contributed by atoms with Gasteiger partial charge in [0.2, 0.25) is 5.88 Å². The van der Waals surface area contributed by atoms with Crippen LogP contribution in [0.4, 0.5) is 11.5 Å². The van der Waals surface area contributed by atoms with Crippen molar-refractivity contribution in [1.29, 1.82) is 0 Å². The fourth-order valence-corrected chi connectivity index (χ4v) is 1.28. The third kappa shape index (κ3) is 3.74. The summed E-state index contributed by atoms with van der Waals surface area (Å²) >= 11 is 0. The Kier molecular flexibility index (Phi) is 4.96. The van der Waals surface area contributed by atoms with Gasteiger partial charge >= 0.3 is 0 Å². The number of aromatic nitrogens is 2. The highest BCUT2D eigenvalue weighted by Crippen LogP contribution is 2.25. The van der Waals surface area contributed by atoms with E-state index in [9.17, 15) is 0 Å². The smallest absolute Gasteiger partial charge is 0.242 e. The molecule has 0 aliphatic carbocycles. The number of nitrogens with zero attached hydrogens (tertiary/aromatic N) is 2. The summed E-state index contributed by atoms with van der Waals surface area (Å²) in [4.78, 5) is 8.44. The molecule has 0 spiro atoms. The molecule has 6 heteroatoms. The highest BCUT2D eigenvalue weighted by Gasteiger charge is 2.12. The number of ether oxygens (including phenoxy) is 2. The SMILES string of the molecule is COCc1nc(NCC(C)C)c(N)c(OC)n1. The number of hydrogen-bond acceptors (Lipinski definition) is 6. The van der Waals surface area contributed by atoms with Crippen LogP contribution in [-0.2, 0) is 11.3 Å². The van der Waals surface area contributed by atoms with E-state index in [2.05, 4.69) is 29.1 Å². The monoisotopic (exact) mass is 240 g/mol. The minimum Gasteiger partial charge on any atom is -0.479 e. The summed E-state index contributed by atoms with van der Waals surface area (Å²) in [5.41, 5.74) is 6.32. The van der Waals surface area contributed by atoms with Crippen molar-refractivity contribution in [2.24, 2.45) is 5.92 Å². The zero-order valence-corrected chi connectivity index (χ0v) is 10.8. The van der Waals surface area contributed by atoms with Crippen LogP contribution >= 0.6 is 0 Å². The lowest BCUT2D eigenvalue weighted by Gasteiger charge is -2.13. The molecule has 0 bridgehead atoms. The quantitative estimate of drug-likeness (QED) is 0.779. The Morgan fingerprint density at radius 1 is 1.29 bits per heavy atom. The number of nitrogen functional groups attached to an aromatic ring is 1. The summed E-state index contributed by atoms with van der Waals surface area (Å²) < 4.78 is 10.1. The Morgan fingerprint density at radius 2 is 2.00 bits per heavy atom. The van der Waals surface area contributed by atoms with E-state index in [0.717, 1.165) is 6.54 Å². The van der Waals surface area contributed by atoms with E-state index < -0.39 is 0 Å². The Labute approximate surface area is 102 Å². The highest BCUT2D eigenvalue weighted by atomic mass is 16.5. The van der Waals surface area contributed by atoms with Crippen LogP contribution in [0.2, 0.25) is 0 Å². The minimum atomic E-state index is 0.326. The molecule has 0 saturated carbocycles. The zero-order chi connectivity index (χ0) is 12.8. The van der Waals surface area contributed by atoms with Crippen LogP contribution in [0.15, 0.2) is 0 Å². The molecule has 0 aliphatic rings. The lowest BCUT2D eigenvalue weighted by molar-refractivity contribution is 0.177. The van der Waals surface area contributed by atoms with Gasteiger partial charge in [0, 0.05) is 13.7 Å². The van der Waals surface area contributed by atoms with Crippen molar-refractivity contribution in [2.45, 2.75) is 20.5 Å². The molecule has 0 fully saturated rings. The van der Waals surface area contributed by atoms with Gasteiger partial charge in [-0.05, 0) is 5.92 Å². The normalized spacial score (nSPS) is 10.6. The lowest BCUT2D eigenvalue weighted by atomic mass is 10.2. The molecular formula is C11H20N4O2. The van der Waals surface area contributed by atoms with Crippen LogP contribution in [-0.4, -0.2) is 30.7 Å². The number of nitrogens with one attached hydrogen (secondary N) is 1. The van der Waals surface area contributed by atoms with E-state index in [1.807, 2.05) is 0 Å². The van der Waals surface area contributed by atoms with Gasteiger partial charge in [-0.15, -0.1) is 0 Å². The van der Waals surface area contributed by atoms with E-state index >= 15 is 0 Å². The van der Waals surface area contributed by atoms with E-state index in [0.29, 0.717) is 35.7 Å². The predicted molar refractivity (Wildman–Crippen MR) is 67.0 cm³/mol. The van der Waals surface area contributed by atoms with Crippen molar-refractivity contribution >= 4 is 11.5 Å². The van der Waals surface area contributed by atoms with Crippen LogP contribution in [0.5, 0.6) is 5.88 Å². The van der Waals surface area contributed by atoms with Crippen molar-refractivity contribution in [3.05, 3.63) is 5.82 Å². The van der Waals surface area contributed by atoms with Crippen LogP contribution in [0, 0.1) is 5.92 Å². The molecular weight excluding hydrogens is 220 g/mol. The third-order valence-corrected chi connectivity index (χ3v) is 2.10. The molecule has 0 amide bonds. The number of anilines is 2. The van der Waals surface area contributed by atoms with Crippen molar-refractivity contribution in [3.63, 3.8) is 0 Å². The lowest BCUT2D eigenvalue weighted by Crippen LogP contribution is -2.14. The average Bonchev–Trinajstić information content (AvgIpc) is 2.29. The average molecular weight is 240 g/mol. The van der Waals surface area contributed by atoms with Gasteiger partial charge in [0.15, 0.2) is 11.6 Å². The molecule has 0 aromatic carbocycles. The summed E-state index contributed by atoms with van der Waals surface area (Å²) in [7, 11) is 3.12. The first-order valence-electron chi connectivity index (χ1n) is 5.51. The van der Waals surface area contributed by atoms with Gasteiger partial charge in [-0.1, -0.05) is 13.8 Å². The summed E-state index contributed by atoms with van der Waals surface area (Å²) in [6.45, 7) is 5.33. The Bertz CT molecular complexity index is 369. The van der Waals surface area contributed by atoms with Gasteiger partial charge in [-0.2, -0.15) is 4.98 Å². The highest BCUT2D eigenvalue weighted by molar-refractivity contribution is 5.66. The number of methoxy groups -OCH3 is 2. The molecule has 1 aromatic rings. The molecule has 96 valence electrons. The number of hydrogen-bond donors (Lipinski definition) is 2. The molecule has 0 aliphatic heterocycles. The Balaban J connectivity index is 2.96. The van der Waals surface area contributed by atoms with Crippen LogP contribution in [0.1, 0.15) is 19.7 Å². The maximum Gasteiger partial charge on any atom is 0.242 e. The molecule has 1 heterocycles. The molecule has 0 saturated heterocycles. The van der Waals surface area contributed by atoms with E-state index in [4.69, 9.17) is 15.2 Å². The van der Waals surface area contributed by atoms with Crippen molar-refractivity contribution < 1.29 is 9.47 Å². The Morgan fingerprint density at radius 3 is 2.53 bits per heavy atom. The topological polar surface area (TPSA) is 82.3 Å². The van der Waals surface area contributed by atoms with E-state index in [1.54, 1.807) is 7.11 Å². The molecule has 1 aromatic heterocycles. The van der Waals surface area contributed by atoms with Crippen LogP contribution < -0.4 is 15.8 Å². The summed E-state index contributed by atoms with van der Waals surface area (Å²) in [5.74, 6) is 2.02. The second-order valence-corrected chi connectivity index (χ2v) is 4.12. The van der Waals surface area contributed by atoms with Gasteiger partial charge in [0.05, 0.1) is 7.11 Å². The number of rotatable bonds is 6. The minimum absolute atomic E-state index is 0.326. The van der Waals surface area contributed by atoms with Crippen LogP contribution in [0.3, 0.4) is 0 Å². The van der Waals surface area contributed by atoms with Crippen molar-refractivity contribution in [1.82, 2.24) is 9.97 Å². The van der Waals surface area contributed by atoms with Gasteiger partial charge < -0.3 is 20.5 Å². The third-order valence-electron chi connectivity index (χ3n) is 2.10. The molecule has 0 radical (unpaired) electrons. The maximum absolute atomic E-state index is 5.89. The van der Waals surface area contributed by atoms with E-state index in [1.165, 1.54) is 7.11 Å². The van der Waals surface area contributed by atoms with Gasteiger partial charge in [0.1, 0.15) is 12.3 Å². The van der Waals surface area contributed by atoms with E-state index in [-0.39, 0.29) is 0 Å². The van der Waals surface area contributed by atoms with Gasteiger partial charge in [0.25, 0.3) is 0 Å². The maximum atomic E-state index is 5.89. The molecule has 17 heavy (non-hydrogen) atoms. The first-order valence-corrected chi connectivity index (χ1v) is 5.51. The molecule has 6 nitrogen and oxygen atoms in total. The predicted octanol–water partition coefficient (Wildman–Crippen LogP) is 1.28. The second kappa shape index (κ2) is 6.24. The Hall–Kier alpha value is -1.56. The fourth-order valence-electron chi connectivity index (χ4n) is 1.28. The van der Waals surface area contributed by atoms with Gasteiger partial charge in [-0.3, -0.25) is 0 Å². The first kappa shape index (κ1) is 13.5. The zero-order valence-electron chi connectivity index (χ0n) is 10.8. The van der Waals surface area contributed by atoms with Crippen molar-refractivity contribution in [2.75, 3.05) is 31.8 Å². The fraction of sp³-hybridized carbons (Fsp3) is 0.636. The largest absolute Gasteiger partial charge is 0.479 e. The van der Waals surface area contributed by atoms with Crippen molar-refractivity contribution in [3.8, 4) is 5.88 Å².